The number of halogens is 1. The number of amides is 1. The van der Waals surface area contributed by atoms with Gasteiger partial charge < -0.3 is 19.8 Å². The fourth-order valence-corrected chi connectivity index (χ4v) is 2.85. The zero-order valence-corrected chi connectivity index (χ0v) is 13.7. The molecule has 2 N–H and O–H groups in total. The molecule has 2 heterocycles. The molecule has 0 radical (unpaired) electrons. The van der Waals surface area contributed by atoms with Crippen molar-refractivity contribution in [2.75, 3.05) is 12.1 Å². The van der Waals surface area contributed by atoms with Gasteiger partial charge in [0, 0.05) is 23.7 Å². The van der Waals surface area contributed by atoms with Crippen molar-refractivity contribution in [1.82, 2.24) is 4.98 Å². The van der Waals surface area contributed by atoms with Gasteiger partial charge >= 0.3 is 0 Å². The van der Waals surface area contributed by atoms with Gasteiger partial charge in [0.15, 0.2) is 11.5 Å². The fourth-order valence-electron chi connectivity index (χ4n) is 2.85. The minimum Gasteiger partial charge on any atom is -0.454 e. The third kappa shape index (κ3) is 3.23. The van der Waals surface area contributed by atoms with Gasteiger partial charge in [-0.2, -0.15) is 0 Å². The van der Waals surface area contributed by atoms with Crippen molar-refractivity contribution in [3.8, 4) is 11.5 Å². The first kappa shape index (κ1) is 16.1. The number of carbonyl (C=O) groups excluding carboxylic acids is 1. The number of carbonyl (C=O) groups is 1. The molecule has 132 valence electrons. The van der Waals surface area contributed by atoms with Crippen LogP contribution in [-0.4, -0.2) is 17.7 Å². The van der Waals surface area contributed by atoms with Crippen molar-refractivity contribution in [2.24, 2.45) is 0 Å². The second-order valence-electron chi connectivity index (χ2n) is 5.97. The van der Waals surface area contributed by atoms with E-state index in [-0.39, 0.29) is 31.1 Å². The number of rotatable bonds is 4. The standard InChI is InChI=1S/C19H15FN2O4/c20-13-3-1-11-7-12(19(24)22-15(11)8-13)2-6-18(23)21-14-4-5-16-17(9-14)26-10-25-16/h1,3-5,7-9H,2,6,10H2,(H,21,23)(H,22,24). The van der Waals surface area contributed by atoms with Crippen LogP contribution in [0.25, 0.3) is 10.9 Å². The number of ether oxygens (including phenoxy) is 2. The normalized spacial score (nSPS) is 12.3. The lowest BCUT2D eigenvalue weighted by Gasteiger charge is -2.07. The topological polar surface area (TPSA) is 80.4 Å². The van der Waals surface area contributed by atoms with E-state index in [1.807, 2.05) is 0 Å². The minimum atomic E-state index is -0.413. The van der Waals surface area contributed by atoms with E-state index < -0.39 is 5.82 Å². The van der Waals surface area contributed by atoms with Gasteiger partial charge in [-0.1, -0.05) is 0 Å². The summed E-state index contributed by atoms with van der Waals surface area (Å²) in [4.78, 5) is 26.9. The van der Waals surface area contributed by atoms with Gasteiger partial charge in [-0.25, -0.2) is 4.39 Å². The molecule has 0 aliphatic carbocycles. The van der Waals surface area contributed by atoms with Gasteiger partial charge in [-0.3, -0.25) is 9.59 Å². The number of aromatic amines is 1. The zero-order valence-electron chi connectivity index (χ0n) is 13.7. The maximum Gasteiger partial charge on any atom is 0.251 e. The molecule has 1 amide bonds. The average Bonchev–Trinajstić information content (AvgIpc) is 3.07. The Bertz CT molecular complexity index is 1060. The van der Waals surface area contributed by atoms with Crippen LogP contribution >= 0.6 is 0 Å². The van der Waals surface area contributed by atoms with E-state index in [0.717, 1.165) is 5.39 Å². The molecule has 0 saturated heterocycles. The smallest absolute Gasteiger partial charge is 0.251 e. The van der Waals surface area contributed by atoms with Crippen molar-refractivity contribution in [3.05, 3.63) is 64.2 Å². The SMILES string of the molecule is O=C(CCc1cc2ccc(F)cc2[nH]c1=O)Nc1ccc2c(c1)OCO2. The fraction of sp³-hybridized carbons (Fsp3) is 0.158. The molecule has 0 saturated carbocycles. The van der Waals surface area contributed by atoms with Crippen molar-refractivity contribution < 1.29 is 18.7 Å². The Hall–Kier alpha value is -3.35. The summed E-state index contributed by atoms with van der Waals surface area (Å²) in [6, 6.07) is 11.0. The predicted octanol–water partition coefficient (Wildman–Crippen LogP) is 2.97. The number of anilines is 1. The van der Waals surface area contributed by atoms with Gasteiger partial charge in [0.1, 0.15) is 5.82 Å². The molecule has 4 rings (SSSR count). The van der Waals surface area contributed by atoms with Crippen LogP contribution in [-0.2, 0) is 11.2 Å². The lowest BCUT2D eigenvalue weighted by Crippen LogP contribution is -2.17. The summed E-state index contributed by atoms with van der Waals surface area (Å²) in [6.07, 6.45) is 0.420. The van der Waals surface area contributed by atoms with E-state index in [1.165, 1.54) is 12.1 Å². The third-order valence-corrected chi connectivity index (χ3v) is 4.16. The van der Waals surface area contributed by atoms with E-state index in [1.54, 1.807) is 30.3 Å². The number of H-pyrrole nitrogens is 1. The largest absolute Gasteiger partial charge is 0.454 e. The highest BCUT2D eigenvalue weighted by Crippen LogP contribution is 2.34. The molecule has 0 bridgehead atoms. The van der Waals surface area contributed by atoms with Crippen LogP contribution in [0.3, 0.4) is 0 Å². The lowest BCUT2D eigenvalue weighted by atomic mass is 10.1. The molecule has 7 heteroatoms. The van der Waals surface area contributed by atoms with Crippen molar-refractivity contribution in [2.45, 2.75) is 12.8 Å². The van der Waals surface area contributed by atoms with Gasteiger partial charge in [0.25, 0.3) is 5.56 Å². The van der Waals surface area contributed by atoms with Crippen molar-refractivity contribution >= 4 is 22.5 Å². The quantitative estimate of drug-likeness (QED) is 0.755. The highest BCUT2D eigenvalue weighted by atomic mass is 19.1. The summed E-state index contributed by atoms with van der Waals surface area (Å²) in [5, 5.41) is 3.49. The van der Waals surface area contributed by atoms with Gasteiger partial charge in [-0.05, 0) is 48.2 Å². The van der Waals surface area contributed by atoms with E-state index in [2.05, 4.69) is 10.3 Å². The van der Waals surface area contributed by atoms with E-state index >= 15 is 0 Å². The average molecular weight is 354 g/mol. The highest BCUT2D eigenvalue weighted by molar-refractivity contribution is 5.91. The van der Waals surface area contributed by atoms with Gasteiger partial charge in [0.2, 0.25) is 12.7 Å². The van der Waals surface area contributed by atoms with Crippen LogP contribution in [0, 0.1) is 5.82 Å². The Balaban J connectivity index is 1.44. The first-order chi connectivity index (χ1) is 12.6. The highest BCUT2D eigenvalue weighted by Gasteiger charge is 2.14. The molecule has 1 aromatic heterocycles. The van der Waals surface area contributed by atoms with Gasteiger partial charge in [0.05, 0.1) is 5.52 Å². The first-order valence-electron chi connectivity index (χ1n) is 8.09. The number of hydrogen-bond donors (Lipinski definition) is 2. The van der Waals surface area contributed by atoms with Crippen LogP contribution in [0.15, 0.2) is 47.3 Å². The summed E-state index contributed by atoms with van der Waals surface area (Å²) in [5.41, 5.74) is 1.19. The lowest BCUT2D eigenvalue weighted by molar-refractivity contribution is -0.116. The molecule has 1 aliphatic rings. The number of hydrogen-bond acceptors (Lipinski definition) is 4. The third-order valence-electron chi connectivity index (χ3n) is 4.16. The summed E-state index contributed by atoms with van der Waals surface area (Å²) in [5.74, 6) is 0.592. The molecule has 2 aromatic carbocycles. The summed E-state index contributed by atoms with van der Waals surface area (Å²) >= 11 is 0. The molecule has 3 aromatic rings. The van der Waals surface area contributed by atoms with E-state index in [9.17, 15) is 14.0 Å². The number of pyridine rings is 1. The maximum absolute atomic E-state index is 13.2. The van der Waals surface area contributed by atoms with Crippen LogP contribution in [0.1, 0.15) is 12.0 Å². The summed E-state index contributed by atoms with van der Waals surface area (Å²) < 4.78 is 23.7. The predicted molar refractivity (Wildman–Crippen MR) is 94.0 cm³/mol. The van der Waals surface area contributed by atoms with Gasteiger partial charge in [-0.15, -0.1) is 0 Å². The summed E-state index contributed by atoms with van der Waals surface area (Å²) in [6.45, 7) is 0.168. The Labute approximate surface area is 147 Å². The molecule has 1 aliphatic heterocycles. The van der Waals surface area contributed by atoms with Crippen LogP contribution in [0.2, 0.25) is 0 Å². The molecule has 26 heavy (non-hydrogen) atoms. The molecule has 6 nitrogen and oxygen atoms in total. The van der Waals surface area contributed by atoms with Crippen LogP contribution < -0.4 is 20.3 Å². The Morgan fingerprint density at radius 1 is 1.12 bits per heavy atom. The molecular formula is C19H15FN2O4. The Morgan fingerprint density at radius 2 is 1.96 bits per heavy atom. The zero-order chi connectivity index (χ0) is 18.1. The number of fused-ring (bicyclic) bond motifs is 2. The molecule has 0 atom stereocenters. The monoisotopic (exact) mass is 354 g/mol. The summed E-state index contributed by atoms with van der Waals surface area (Å²) in [7, 11) is 0. The van der Waals surface area contributed by atoms with E-state index in [4.69, 9.17) is 9.47 Å². The maximum atomic E-state index is 13.2. The van der Waals surface area contributed by atoms with Crippen LogP contribution in [0.4, 0.5) is 10.1 Å². The Morgan fingerprint density at radius 3 is 2.85 bits per heavy atom. The molecule has 0 unspecified atom stereocenters. The van der Waals surface area contributed by atoms with Crippen LogP contribution in [0.5, 0.6) is 11.5 Å². The second kappa shape index (κ2) is 6.51. The number of aryl methyl sites for hydroxylation is 1. The molecule has 0 fully saturated rings. The minimum absolute atomic E-state index is 0.143. The molecule has 0 spiro atoms. The second-order valence-corrected chi connectivity index (χ2v) is 5.97. The van der Waals surface area contributed by atoms with Crippen molar-refractivity contribution in [1.29, 1.82) is 0 Å². The number of nitrogens with one attached hydrogen (secondary N) is 2. The number of benzene rings is 2. The Kier molecular flexibility index (Phi) is 4.04. The van der Waals surface area contributed by atoms with E-state index in [0.29, 0.717) is 28.3 Å². The number of aromatic nitrogens is 1. The van der Waals surface area contributed by atoms with Crippen molar-refractivity contribution in [3.63, 3.8) is 0 Å². The molecular weight excluding hydrogens is 339 g/mol. The first-order valence-corrected chi connectivity index (χ1v) is 8.09.